The monoisotopic (exact) mass is 362 g/mol. The van der Waals surface area contributed by atoms with Crippen LogP contribution in [0.3, 0.4) is 0 Å². The van der Waals surface area contributed by atoms with Gasteiger partial charge in [0, 0.05) is 43.9 Å². The van der Waals surface area contributed by atoms with Crippen LogP contribution in [0.1, 0.15) is 16.8 Å². The molecule has 2 aromatic carbocycles. The van der Waals surface area contributed by atoms with Crippen LogP contribution >= 0.6 is 0 Å². The Bertz CT molecular complexity index is 1030. The zero-order valence-electron chi connectivity index (χ0n) is 15.0. The van der Waals surface area contributed by atoms with Crippen LogP contribution < -0.4 is 11.0 Å². The van der Waals surface area contributed by atoms with Crippen LogP contribution in [0, 0.1) is 0 Å². The van der Waals surface area contributed by atoms with Gasteiger partial charge >= 0.3 is 5.69 Å². The van der Waals surface area contributed by atoms with Gasteiger partial charge in [0.1, 0.15) is 0 Å². The highest BCUT2D eigenvalue weighted by atomic mass is 16.2. The van der Waals surface area contributed by atoms with E-state index in [-0.39, 0.29) is 11.6 Å². The number of nitrogens with zero attached hydrogens (tertiary/aromatic N) is 2. The molecule has 0 bridgehead atoms. The number of carbonyl (C=O) groups excluding carboxylic acids is 1. The molecule has 1 aliphatic rings. The molecule has 0 aliphatic carbocycles. The molecule has 1 amide bonds. The number of hydrogen-bond donors (Lipinski definition) is 2. The Labute approximate surface area is 157 Å². The number of aromatic nitrogens is 2. The van der Waals surface area contributed by atoms with Gasteiger partial charge in [0.25, 0.3) is 5.91 Å². The number of hydrogen-bond acceptors (Lipinski definition) is 3. The van der Waals surface area contributed by atoms with E-state index in [4.69, 9.17) is 0 Å². The first-order valence-corrected chi connectivity index (χ1v) is 9.17. The van der Waals surface area contributed by atoms with Crippen LogP contribution in [-0.2, 0) is 0 Å². The van der Waals surface area contributed by atoms with Crippen molar-refractivity contribution in [3.8, 4) is 0 Å². The van der Waals surface area contributed by atoms with E-state index < -0.39 is 0 Å². The summed E-state index contributed by atoms with van der Waals surface area (Å²) in [5.41, 5.74) is 3.39. The molecule has 0 saturated heterocycles. The fraction of sp³-hybridized carbons (Fsp3) is 0.238. The number of H-pyrrole nitrogens is 1. The highest BCUT2D eigenvalue weighted by molar-refractivity contribution is 5.94. The number of para-hydroxylation sites is 2. The Morgan fingerprint density at radius 2 is 1.85 bits per heavy atom. The van der Waals surface area contributed by atoms with Crippen molar-refractivity contribution in [1.82, 2.24) is 19.8 Å². The Morgan fingerprint density at radius 3 is 2.63 bits per heavy atom. The lowest BCUT2D eigenvalue weighted by atomic mass is 10.2. The summed E-state index contributed by atoms with van der Waals surface area (Å²) in [6.07, 6.45) is 2.90. The number of fused-ring (bicyclic) bond motifs is 1. The molecule has 1 aromatic heterocycles. The van der Waals surface area contributed by atoms with Crippen molar-refractivity contribution in [3.05, 3.63) is 76.7 Å². The maximum atomic E-state index is 12.3. The summed E-state index contributed by atoms with van der Waals surface area (Å²) in [5, 5.41) is 2.96. The van der Waals surface area contributed by atoms with Gasteiger partial charge in [-0.15, -0.1) is 0 Å². The SMILES string of the molecule is O=C(NCCN1CC=C(n2c(=O)[nH]c3ccccc32)CC1)c1ccccc1. The fourth-order valence-electron chi connectivity index (χ4n) is 3.47. The van der Waals surface area contributed by atoms with Crippen molar-refractivity contribution in [2.45, 2.75) is 6.42 Å². The number of imidazole rings is 1. The van der Waals surface area contributed by atoms with E-state index in [0.717, 1.165) is 42.8 Å². The quantitative estimate of drug-likeness (QED) is 0.732. The van der Waals surface area contributed by atoms with Crippen LogP contribution in [0.5, 0.6) is 0 Å². The minimum Gasteiger partial charge on any atom is -0.351 e. The topological polar surface area (TPSA) is 70.1 Å². The van der Waals surface area contributed by atoms with Gasteiger partial charge in [0.2, 0.25) is 0 Å². The van der Waals surface area contributed by atoms with E-state index in [9.17, 15) is 9.59 Å². The van der Waals surface area contributed by atoms with Crippen molar-refractivity contribution in [2.24, 2.45) is 0 Å². The van der Waals surface area contributed by atoms with Gasteiger partial charge in [-0.3, -0.25) is 14.3 Å². The summed E-state index contributed by atoms with van der Waals surface area (Å²) >= 11 is 0. The maximum Gasteiger partial charge on any atom is 0.330 e. The van der Waals surface area contributed by atoms with E-state index in [0.29, 0.717) is 12.1 Å². The third kappa shape index (κ3) is 3.71. The highest BCUT2D eigenvalue weighted by Gasteiger charge is 2.16. The molecule has 2 heterocycles. The Balaban J connectivity index is 1.35. The first-order chi connectivity index (χ1) is 13.2. The van der Waals surface area contributed by atoms with Gasteiger partial charge in [0.15, 0.2) is 0 Å². The maximum absolute atomic E-state index is 12.3. The third-order valence-electron chi connectivity index (χ3n) is 4.90. The molecular formula is C21H22N4O2. The number of rotatable bonds is 5. The summed E-state index contributed by atoms with van der Waals surface area (Å²) in [6.45, 7) is 3.01. The average Bonchev–Trinajstić information content (AvgIpc) is 3.05. The molecule has 0 saturated carbocycles. The van der Waals surface area contributed by atoms with Gasteiger partial charge in [0.05, 0.1) is 11.0 Å². The van der Waals surface area contributed by atoms with Gasteiger partial charge < -0.3 is 10.3 Å². The number of carbonyl (C=O) groups is 1. The van der Waals surface area contributed by atoms with Crippen molar-refractivity contribution >= 4 is 22.6 Å². The minimum atomic E-state index is -0.0916. The molecule has 138 valence electrons. The Hall–Kier alpha value is -3.12. The fourth-order valence-corrected chi connectivity index (χ4v) is 3.47. The second kappa shape index (κ2) is 7.63. The van der Waals surface area contributed by atoms with Gasteiger partial charge in [-0.1, -0.05) is 36.4 Å². The number of benzene rings is 2. The van der Waals surface area contributed by atoms with E-state index in [1.54, 1.807) is 4.57 Å². The molecule has 27 heavy (non-hydrogen) atoms. The van der Waals surface area contributed by atoms with Crippen molar-refractivity contribution in [2.75, 3.05) is 26.2 Å². The van der Waals surface area contributed by atoms with Gasteiger partial charge in [-0.2, -0.15) is 0 Å². The summed E-state index contributed by atoms with van der Waals surface area (Å²) in [4.78, 5) is 29.6. The van der Waals surface area contributed by atoms with E-state index in [1.165, 1.54) is 0 Å². The van der Waals surface area contributed by atoms with Crippen LogP contribution in [0.25, 0.3) is 16.7 Å². The van der Waals surface area contributed by atoms with Crippen molar-refractivity contribution in [1.29, 1.82) is 0 Å². The number of amides is 1. The summed E-state index contributed by atoms with van der Waals surface area (Å²) in [5.74, 6) is -0.0471. The standard InChI is InChI=1S/C21H22N4O2/c26-20(16-6-2-1-3-7-16)22-12-15-24-13-10-17(11-14-24)25-19-9-5-4-8-18(19)23-21(25)27/h1-10H,11-15H2,(H,22,26)(H,23,27). The van der Waals surface area contributed by atoms with E-state index >= 15 is 0 Å². The predicted molar refractivity (Wildman–Crippen MR) is 107 cm³/mol. The van der Waals surface area contributed by atoms with Crippen LogP contribution in [0.4, 0.5) is 0 Å². The van der Waals surface area contributed by atoms with Crippen LogP contribution in [0.15, 0.2) is 65.5 Å². The lowest BCUT2D eigenvalue weighted by Gasteiger charge is -2.26. The molecule has 0 fully saturated rings. The summed E-state index contributed by atoms with van der Waals surface area (Å²) < 4.78 is 1.77. The molecule has 1 aliphatic heterocycles. The zero-order chi connectivity index (χ0) is 18.6. The van der Waals surface area contributed by atoms with Crippen LogP contribution in [0.2, 0.25) is 0 Å². The molecule has 0 radical (unpaired) electrons. The zero-order valence-corrected chi connectivity index (χ0v) is 15.0. The smallest absolute Gasteiger partial charge is 0.330 e. The summed E-state index contributed by atoms with van der Waals surface area (Å²) in [7, 11) is 0. The van der Waals surface area contributed by atoms with Gasteiger partial charge in [-0.25, -0.2) is 4.79 Å². The number of nitrogens with one attached hydrogen (secondary N) is 2. The predicted octanol–water partition coefficient (Wildman–Crippen LogP) is 2.31. The largest absolute Gasteiger partial charge is 0.351 e. The molecule has 0 spiro atoms. The normalized spacial score (nSPS) is 14.9. The highest BCUT2D eigenvalue weighted by Crippen LogP contribution is 2.19. The molecule has 3 aromatic rings. The second-order valence-corrected chi connectivity index (χ2v) is 6.65. The molecular weight excluding hydrogens is 340 g/mol. The van der Waals surface area contributed by atoms with Crippen molar-refractivity contribution < 1.29 is 4.79 Å². The molecule has 4 rings (SSSR count). The Kier molecular flexibility index (Phi) is 4.89. The molecule has 2 N–H and O–H groups in total. The van der Waals surface area contributed by atoms with Gasteiger partial charge in [-0.05, 0) is 24.3 Å². The van der Waals surface area contributed by atoms with Crippen molar-refractivity contribution in [3.63, 3.8) is 0 Å². The first-order valence-electron chi connectivity index (χ1n) is 9.17. The Morgan fingerprint density at radius 1 is 1.07 bits per heavy atom. The molecule has 0 unspecified atom stereocenters. The molecule has 6 nitrogen and oxygen atoms in total. The lowest BCUT2D eigenvalue weighted by Crippen LogP contribution is -2.37. The average molecular weight is 362 g/mol. The first kappa shape index (κ1) is 17.3. The molecule has 6 heteroatoms. The minimum absolute atomic E-state index is 0.0471. The lowest BCUT2D eigenvalue weighted by molar-refractivity contribution is 0.0949. The molecule has 0 atom stereocenters. The number of aromatic amines is 1. The summed E-state index contributed by atoms with van der Waals surface area (Å²) in [6, 6.07) is 17.0. The van der Waals surface area contributed by atoms with Crippen LogP contribution in [-0.4, -0.2) is 46.5 Å². The van der Waals surface area contributed by atoms with E-state index in [2.05, 4.69) is 21.3 Å². The second-order valence-electron chi connectivity index (χ2n) is 6.65. The third-order valence-corrected chi connectivity index (χ3v) is 4.90. The van der Waals surface area contributed by atoms with E-state index in [1.807, 2.05) is 54.6 Å².